The van der Waals surface area contributed by atoms with Crippen LogP contribution in [0.15, 0.2) is 18.2 Å². The van der Waals surface area contributed by atoms with Crippen LogP contribution in [-0.2, 0) is 12.8 Å². The van der Waals surface area contributed by atoms with Gasteiger partial charge in [0.05, 0.1) is 0 Å². The average molecular weight is 325 g/mol. The van der Waals surface area contributed by atoms with Crippen LogP contribution >= 0.6 is 0 Å². The summed E-state index contributed by atoms with van der Waals surface area (Å²) >= 11 is 0. The van der Waals surface area contributed by atoms with Gasteiger partial charge < -0.3 is 10.3 Å². The third kappa shape index (κ3) is 2.84. The number of amides is 1. The van der Waals surface area contributed by atoms with Crippen molar-refractivity contribution in [3.05, 3.63) is 35.0 Å². The van der Waals surface area contributed by atoms with Crippen molar-refractivity contribution in [2.24, 2.45) is 0 Å². The summed E-state index contributed by atoms with van der Waals surface area (Å²) in [5.74, 6) is 0.0608. The smallest absolute Gasteiger partial charge is 0.251 e. The molecule has 0 saturated carbocycles. The second-order valence-corrected chi connectivity index (χ2v) is 7.18. The Bertz CT molecular complexity index is 749. The molecule has 0 spiro atoms. The number of carbonyl (C=O) groups is 1. The molecule has 1 aliphatic heterocycles. The van der Waals surface area contributed by atoms with Crippen LogP contribution in [0.1, 0.15) is 54.2 Å². The number of fused-ring (bicyclic) bond motifs is 3. The quantitative estimate of drug-likeness (QED) is 0.906. The van der Waals surface area contributed by atoms with Gasteiger partial charge in [-0.1, -0.05) is 6.92 Å². The van der Waals surface area contributed by atoms with Crippen molar-refractivity contribution in [1.82, 2.24) is 15.2 Å². The molecule has 2 aromatic rings. The molecule has 1 aromatic heterocycles. The standard InChI is InChI=1S/C20H27N3O/c1-2-23-11-5-6-15(23)13-21-20(24)14-9-10-19-17(12-14)16-7-3-4-8-18(16)22-19/h9-10,12,15,22H,2-8,11,13H2,1H3,(H,21,24). The highest BCUT2D eigenvalue weighted by atomic mass is 16.1. The van der Waals surface area contributed by atoms with Crippen molar-refractivity contribution in [3.8, 4) is 0 Å². The van der Waals surface area contributed by atoms with Crippen LogP contribution in [0.2, 0.25) is 0 Å². The fourth-order valence-corrected chi connectivity index (χ4v) is 4.40. The molecule has 1 atom stereocenters. The highest BCUT2D eigenvalue weighted by Gasteiger charge is 2.23. The molecular formula is C20H27N3O. The molecule has 0 bridgehead atoms. The van der Waals surface area contributed by atoms with E-state index in [4.69, 9.17) is 0 Å². The number of rotatable bonds is 4. The first kappa shape index (κ1) is 15.7. The van der Waals surface area contributed by atoms with E-state index in [1.165, 1.54) is 54.4 Å². The molecule has 1 aromatic carbocycles. The Balaban J connectivity index is 1.50. The highest BCUT2D eigenvalue weighted by Crippen LogP contribution is 2.29. The first-order valence-electron chi connectivity index (χ1n) is 9.42. The maximum absolute atomic E-state index is 12.6. The summed E-state index contributed by atoms with van der Waals surface area (Å²) in [6.45, 7) is 5.19. The van der Waals surface area contributed by atoms with Gasteiger partial charge in [-0.25, -0.2) is 0 Å². The molecule has 1 amide bonds. The maximum Gasteiger partial charge on any atom is 0.251 e. The SMILES string of the molecule is CCN1CCCC1CNC(=O)c1ccc2[nH]c3c(c2c1)CCCC3. The van der Waals surface area contributed by atoms with Gasteiger partial charge in [0.25, 0.3) is 5.91 Å². The molecule has 1 saturated heterocycles. The van der Waals surface area contributed by atoms with Crippen molar-refractivity contribution in [1.29, 1.82) is 0 Å². The van der Waals surface area contributed by atoms with Crippen LogP contribution in [0.4, 0.5) is 0 Å². The van der Waals surface area contributed by atoms with Gasteiger partial charge in [0.15, 0.2) is 0 Å². The molecule has 128 valence electrons. The molecule has 4 nitrogen and oxygen atoms in total. The molecule has 4 heteroatoms. The Kier molecular flexibility index (Phi) is 4.31. The summed E-state index contributed by atoms with van der Waals surface area (Å²) in [7, 11) is 0. The Labute approximate surface area is 143 Å². The topological polar surface area (TPSA) is 48.1 Å². The molecule has 0 radical (unpaired) electrons. The lowest BCUT2D eigenvalue weighted by molar-refractivity contribution is 0.0941. The number of nitrogens with one attached hydrogen (secondary N) is 2. The second kappa shape index (κ2) is 6.60. The van der Waals surface area contributed by atoms with Crippen molar-refractivity contribution < 1.29 is 4.79 Å². The summed E-state index contributed by atoms with van der Waals surface area (Å²) in [5.41, 5.74) is 4.76. The Hall–Kier alpha value is -1.81. The molecule has 2 heterocycles. The lowest BCUT2D eigenvalue weighted by Gasteiger charge is -2.22. The van der Waals surface area contributed by atoms with Crippen molar-refractivity contribution in [2.75, 3.05) is 19.6 Å². The lowest BCUT2D eigenvalue weighted by atomic mass is 9.95. The number of aryl methyl sites for hydroxylation is 2. The van der Waals surface area contributed by atoms with Gasteiger partial charge in [-0.2, -0.15) is 0 Å². The van der Waals surface area contributed by atoms with E-state index in [9.17, 15) is 4.79 Å². The van der Waals surface area contributed by atoms with E-state index >= 15 is 0 Å². The predicted molar refractivity (Wildman–Crippen MR) is 97.5 cm³/mol. The van der Waals surface area contributed by atoms with E-state index in [-0.39, 0.29) is 5.91 Å². The Morgan fingerprint density at radius 3 is 3.04 bits per heavy atom. The molecule has 2 aliphatic rings. The summed E-state index contributed by atoms with van der Waals surface area (Å²) in [5, 5.41) is 4.40. The van der Waals surface area contributed by atoms with Crippen LogP contribution in [0, 0.1) is 0 Å². The van der Waals surface area contributed by atoms with Crippen molar-refractivity contribution >= 4 is 16.8 Å². The summed E-state index contributed by atoms with van der Waals surface area (Å²) in [6.07, 6.45) is 7.23. The largest absolute Gasteiger partial charge is 0.358 e. The van der Waals surface area contributed by atoms with E-state index in [0.29, 0.717) is 6.04 Å². The highest BCUT2D eigenvalue weighted by molar-refractivity contribution is 5.99. The molecule has 24 heavy (non-hydrogen) atoms. The van der Waals surface area contributed by atoms with Gasteiger partial charge in [0.1, 0.15) is 0 Å². The van der Waals surface area contributed by atoms with Gasteiger partial charge in [-0.15, -0.1) is 0 Å². The fourth-order valence-electron chi connectivity index (χ4n) is 4.40. The van der Waals surface area contributed by atoms with E-state index in [1.807, 2.05) is 6.07 Å². The van der Waals surface area contributed by atoms with Crippen LogP contribution in [0.25, 0.3) is 10.9 Å². The molecule has 1 unspecified atom stereocenters. The molecular weight excluding hydrogens is 298 g/mol. The number of H-pyrrole nitrogens is 1. The number of aromatic amines is 1. The Morgan fingerprint density at radius 1 is 1.29 bits per heavy atom. The number of hydrogen-bond acceptors (Lipinski definition) is 2. The van der Waals surface area contributed by atoms with Gasteiger partial charge >= 0.3 is 0 Å². The first-order chi connectivity index (χ1) is 11.8. The summed E-state index contributed by atoms with van der Waals surface area (Å²) in [4.78, 5) is 18.6. The van der Waals surface area contributed by atoms with Crippen LogP contribution in [-0.4, -0.2) is 41.5 Å². The summed E-state index contributed by atoms with van der Waals surface area (Å²) in [6, 6.07) is 6.60. The number of hydrogen-bond donors (Lipinski definition) is 2. The number of benzene rings is 1. The van der Waals surface area contributed by atoms with E-state index in [2.05, 4.69) is 34.3 Å². The zero-order chi connectivity index (χ0) is 16.5. The minimum atomic E-state index is 0.0608. The zero-order valence-corrected chi connectivity index (χ0v) is 14.5. The minimum absolute atomic E-state index is 0.0608. The third-order valence-electron chi connectivity index (χ3n) is 5.76. The maximum atomic E-state index is 12.6. The molecule has 1 aliphatic carbocycles. The number of nitrogens with zero attached hydrogens (tertiary/aromatic N) is 1. The molecule has 1 fully saturated rings. The van der Waals surface area contributed by atoms with Gasteiger partial charge in [-0.05, 0) is 75.4 Å². The van der Waals surface area contributed by atoms with Crippen molar-refractivity contribution in [3.63, 3.8) is 0 Å². The first-order valence-corrected chi connectivity index (χ1v) is 9.42. The number of carbonyl (C=O) groups excluding carboxylic acids is 1. The van der Waals surface area contributed by atoms with Crippen LogP contribution in [0.3, 0.4) is 0 Å². The number of aromatic nitrogens is 1. The van der Waals surface area contributed by atoms with Gasteiger partial charge in [-0.3, -0.25) is 9.69 Å². The summed E-state index contributed by atoms with van der Waals surface area (Å²) < 4.78 is 0. The third-order valence-corrected chi connectivity index (χ3v) is 5.76. The van der Waals surface area contributed by atoms with E-state index < -0.39 is 0 Å². The van der Waals surface area contributed by atoms with E-state index in [0.717, 1.165) is 31.5 Å². The zero-order valence-electron chi connectivity index (χ0n) is 14.5. The van der Waals surface area contributed by atoms with Gasteiger partial charge in [0, 0.05) is 34.7 Å². The fraction of sp³-hybridized carbons (Fsp3) is 0.550. The number of likely N-dealkylation sites (N-methyl/N-ethyl adjacent to an activating group) is 1. The van der Waals surface area contributed by atoms with Gasteiger partial charge in [0.2, 0.25) is 0 Å². The minimum Gasteiger partial charge on any atom is -0.358 e. The van der Waals surface area contributed by atoms with Crippen molar-refractivity contribution in [2.45, 2.75) is 51.5 Å². The van der Waals surface area contributed by atoms with E-state index in [1.54, 1.807) is 0 Å². The normalized spacial score (nSPS) is 21.1. The monoisotopic (exact) mass is 325 g/mol. The van der Waals surface area contributed by atoms with Crippen LogP contribution in [0.5, 0.6) is 0 Å². The lowest BCUT2D eigenvalue weighted by Crippen LogP contribution is -2.40. The van der Waals surface area contributed by atoms with Crippen LogP contribution < -0.4 is 5.32 Å². The Morgan fingerprint density at radius 2 is 2.17 bits per heavy atom. The molecule has 4 rings (SSSR count). The second-order valence-electron chi connectivity index (χ2n) is 7.18. The average Bonchev–Trinajstić information content (AvgIpc) is 3.22. The number of likely N-dealkylation sites (tertiary alicyclic amines) is 1. The molecule has 2 N–H and O–H groups in total. The predicted octanol–water partition coefficient (Wildman–Crippen LogP) is 3.26.